The van der Waals surface area contributed by atoms with E-state index in [2.05, 4.69) is 26.1 Å². The van der Waals surface area contributed by atoms with Crippen LogP contribution in [0.1, 0.15) is 65.7 Å². The lowest BCUT2D eigenvalue weighted by molar-refractivity contribution is -0.129. The van der Waals surface area contributed by atoms with Crippen molar-refractivity contribution in [1.29, 1.82) is 0 Å². The van der Waals surface area contributed by atoms with Crippen LogP contribution >= 0.6 is 12.2 Å². The SMILES string of the molecule is CCC(CC)C(C)NC(=O)C1(C(N)=S)CCCCC1. The van der Waals surface area contributed by atoms with Gasteiger partial charge in [-0.15, -0.1) is 0 Å². The van der Waals surface area contributed by atoms with Crippen LogP contribution in [0.5, 0.6) is 0 Å². The predicted octanol–water partition coefficient (Wildman–Crippen LogP) is 3.16. The molecular weight excluding hydrogens is 256 g/mol. The van der Waals surface area contributed by atoms with Gasteiger partial charge in [-0.3, -0.25) is 4.79 Å². The second kappa shape index (κ2) is 7.22. The van der Waals surface area contributed by atoms with Gasteiger partial charge in [0.05, 0.1) is 10.4 Å². The van der Waals surface area contributed by atoms with E-state index in [1.54, 1.807) is 0 Å². The summed E-state index contributed by atoms with van der Waals surface area (Å²) in [6.45, 7) is 6.42. The molecule has 0 bridgehead atoms. The normalized spacial score (nSPS) is 20.0. The monoisotopic (exact) mass is 284 g/mol. The van der Waals surface area contributed by atoms with Gasteiger partial charge in [-0.25, -0.2) is 0 Å². The summed E-state index contributed by atoms with van der Waals surface area (Å²) in [6.07, 6.45) is 7.05. The molecule has 0 aliphatic heterocycles. The number of nitrogens with one attached hydrogen (secondary N) is 1. The maximum Gasteiger partial charge on any atom is 0.233 e. The van der Waals surface area contributed by atoms with Crippen molar-refractivity contribution in [3.8, 4) is 0 Å². The zero-order chi connectivity index (χ0) is 14.5. The van der Waals surface area contributed by atoms with Crippen LogP contribution in [0.15, 0.2) is 0 Å². The van der Waals surface area contributed by atoms with Crippen LogP contribution < -0.4 is 11.1 Å². The third kappa shape index (κ3) is 3.68. The molecular formula is C15H28N2OS. The van der Waals surface area contributed by atoms with Crippen molar-refractivity contribution in [2.75, 3.05) is 0 Å². The maximum absolute atomic E-state index is 12.6. The van der Waals surface area contributed by atoms with Gasteiger partial charge in [-0.2, -0.15) is 0 Å². The Hall–Kier alpha value is -0.640. The predicted molar refractivity (Wildman–Crippen MR) is 84.0 cm³/mol. The van der Waals surface area contributed by atoms with Crippen molar-refractivity contribution in [3.05, 3.63) is 0 Å². The molecule has 1 rings (SSSR count). The van der Waals surface area contributed by atoms with E-state index in [-0.39, 0.29) is 11.9 Å². The second-order valence-corrected chi connectivity index (χ2v) is 6.29. The molecule has 1 amide bonds. The van der Waals surface area contributed by atoms with Crippen LogP contribution in [-0.4, -0.2) is 16.9 Å². The minimum atomic E-state index is -0.589. The van der Waals surface area contributed by atoms with Gasteiger partial charge < -0.3 is 11.1 Å². The van der Waals surface area contributed by atoms with E-state index in [1.165, 1.54) is 6.42 Å². The topological polar surface area (TPSA) is 55.1 Å². The smallest absolute Gasteiger partial charge is 0.233 e. The minimum Gasteiger partial charge on any atom is -0.392 e. The average Bonchev–Trinajstić information content (AvgIpc) is 2.40. The van der Waals surface area contributed by atoms with Crippen LogP contribution in [-0.2, 0) is 4.79 Å². The highest BCUT2D eigenvalue weighted by Crippen LogP contribution is 2.37. The molecule has 1 atom stereocenters. The van der Waals surface area contributed by atoms with Crippen LogP contribution in [0.25, 0.3) is 0 Å². The first kappa shape index (κ1) is 16.4. The molecule has 4 heteroatoms. The fourth-order valence-corrected chi connectivity index (χ4v) is 3.50. The third-order valence-electron chi connectivity index (χ3n) is 4.73. The largest absolute Gasteiger partial charge is 0.392 e. The van der Waals surface area contributed by atoms with Crippen LogP contribution in [0.4, 0.5) is 0 Å². The standard InChI is InChI=1S/C15H28N2OS/c1-4-12(5-2)11(3)17-14(18)15(13(16)19)9-7-6-8-10-15/h11-12H,4-10H2,1-3H3,(H2,16,19)(H,17,18). The molecule has 3 N–H and O–H groups in total. The second-order valence-electron chi connectivity index (χ2n) is 5.85. The first-order valence-corrected chi connectivity index (χ1v) is 7.99. The number of thiocarbonyl (C=S) groups is 1. The molecule has 3 nitrogen and oxygen atoms in total. The Morgan fingerprint density at radius 2 is 1.79 bits per heavy atom. The number of hydrogen-bond acceptors (Lipinski definition) is 2. The number of carbonyl (C=O) groups is 1. The molecule has 1 saturated carbocycles. The zero-order valence-corrected chi connectivity index (χ0v) is 13.3. The summed E-state index contributed by atoms with van der Waals surface area (Å²) in [6, 6.07) is 0.190. The highest BCUT2D eigenvalue weighted by atomic mass is 32.1. The first-order chi connectivity index (χ1) is 8.97. The number of amides is 1. The third-order valence-corrected chi connectivity index (χ3v) is 5.12. The lowest BCUT2D eigenvalue weighted by atomic mass is 9.73. The summed E-state index contributed by atoms with van der Waals surface area (Å²) in [7, 11) is 0. The Labute approximate surface area is 122 Å². The summed E-state index contributed by atoms with van der Waals surface area (Å²) in [5.74, 6) is 0.579. The lowest BCUT2D eigenvalue weighted by Gasteiger charge is -2.36. The molecule has 0 aromatic rings. The Morgan fingerprint density at radius 1 is 1.26 bits per heavy atom. The Kier molecular flexibility index (Phi) is 6.24. The van der Waals surface area contributed by atoms with E-state index in [9.17, 15) is 4.79 Å². The molecule has 0 spiro atoms. The number of rotatable bonds is 6. The summed E-state index contributed by atoms with van der Waals surface area (Å²) in [4.78, 5) is 13.0. The zero-order valence-electron chi connectivity index (χ0n) is 12.5. The molecule has 0 saturated heterocycles. The van der Waals surface area contributed by atoms with Gasteiger partial charge in [0.1, 0.15) is 0 Å². The quantitative estimate of drug-likeness (QED) is 0.737. The van der Waals surface area contributed by atoms with Crippen molar-refractivity contribution < 1.29 is 4.79 Å². The summed E-state index contributed by atoms with van der Waals surface area (Å²) < 4.78 is 0. The molecule has 0 heterocycles. The maximum atomic E-state index is 12.6. The van der Waals surface area contributed by atoms with Gasteiger partial charge >= 0.3 is 0 Å². The molecule has 0 aromatic heterocycles. The summed E-state index contributed by atoms with van der Waals surface area (Å²) in [5, 5.41) is 3.17. The van der Waals surface area contributed by atoms with Gasteiger partial charge in [0.15, 0.2) is 0 Å². The highest BCUT2D eigenvalue weighted by Gasteiger charge is 2.42. The van der Waals surface area contributed by atoms with Crippen molar-refractivity contribution in [2.45, 2.75) is 71.8 Å². The number of hydrogen-bond donors (Lipinski definition) is 2. The molecule has 1 aliphatic rings. The highest BCUT2D eigenvalue weighted by molar-refractivity contribution is 7.80. The Balaban J connectivity index is 2.75. The van der Waals surface area contributed by atoms with E-state index >= 15 is 0 Å². The molecule has 1 fully saturated rings. The van der Waals surface area contributed by atoms with Crippen molar-refractivity contribution in [1.82, 2.24) is 5.32 Å². The van der Waals surface area contributed by atoms with E-state index in [0.29, 0.717) is 10.9 Å². The van der Waals surface area contributed by atoms with Crippen molar-refractivity contribution >= 4 is 23.1 Å². The molecule has 110 valence electrons. The molecule has 0 aromatic carbocycles. The molecule has 19 heavy (non-hydrogen) atoms. The fraction of sp³-hybridized carbons (Fsp3) is 0.867. The van der Waals surface area contributed by atoms with Crippen LogP contribution in [0, 0.1) is 11.3 Å². The van der Waals surface area contributed by atoms with Crippen LogP contribution in [0.3, 0.4) is 0 Å². The number of carbonyl (C=O) groups excluding carboxylic acids is 1. The number of nitrogens with two attached hydrogens (primary N) is 1. The van der Waals surface area contributed by atoms with E-state index in [0.717, 1.165) is 38.5 Å². The van der Waals surface area contributed by atoms with Gasteiger partial charge in [-0.05, 0) is 25.7 Å². The van der Waals surface area contributed by atoms with E-state index in [1.807, 2.05) is 0 Å². The molecule has 1 aliphatic carbocycles. The van der Waals surface area contributed by atoms with Gasteiger partial charge in [0, 0.05) is 6.04 Å². The molecule has 0 radical (unpaired) electrons. The summed E-state index contributed by atoms with van der Waals surface area (Å²) >= 11 is 5.20. The summed E-state index contributed by atoms with van der Waals surface area (Å²) in [5.41, 5.74) is 5.30. The van der Waals surface area contributed by atoms with Gasteiger partial charge in [0.25, 0.3) is 0 Å². The molecule has 1 unspecified atom stereocenters. The first-order valence-electron chi connectivity index (χ1n) is 7.58. The van der Waals surface area contributed by atoms with Crippen molar-refractivity contribution in [3.63, 3.8) is 0 Å². The Morgan fingerprint density at radius 3 is 2.21 bits per heavy atom. The van der Waals surface area contributed by atoms with Gasteiger partial charge in [0.2, 0.25) is 5.91 Å². The lowest BCUT2D eigenvalue weighted by Crippen LogP contribution is -2.53. The van der Waals surface area contributed by atoms with Crippen molar-refractivity contribution in [2.24, 2.45) is 17.1 Å². The van der Waals surface area contributed by atoms with E-state index in [4.69, 9.17) is 18.0 Å². The van der Waals surface area contributed by atoms with Crippen LogP contribution in [0.2, 0.25) is 0 Å². The average molecular weight is 284 g/mol. The minimum absolute atomic E-state index is 0.0547. The Bertz CT molecular complexity index is 320. The van der Waals surface area contributed by atoms with Gasteiger partial charge in [-0.1, -0.05) is 58.2 Å². The van der Waals surface area contributed by atoms with E-state index < -0.39 is 5.41 Å². The fourth-order valence-electron chi connectivity index (χ4n) is 3.20.